The first-order valence-electron chi connectivity index (χ1n) is 25.2. The molecule has 17 nitrogen and oxygen atoms in total. The van der Waals surface area contributed by atoms with Gasteiger partial charge in [0.1, 0.15) is 23.9 Å². The monoisotopic (exact) mass is 1010 g/mol. The molecule has 0 radical (unpaired) electrons. The van der Waals surface area contributed by atoms with Crippen LogP contribution in [-0.4, -0.2) is 172 Å². The number of nitrogens with one attached hydrogen (secondary N) is 1. The molecule has 0 saturated carbocycles. The van der Waals surface area contributed by atoms with E-state index in [0.29, 0.717) is 34.6 Å². The van der Waals surface area contributed by atoms with Crippen LogP contribution in [0, 0.1) is 37.5 Å². The number of esters is 1. The second-order valence-corrected chi connectivity index (χ2v) is 21.9. The standard InChI is InChI=1S/C51H83BF2N4O13/c1-16-38-51(12,65)44(61)30(6)41(56-39(59)18-17-34-21-35(55-25-34)22-36-26(2)19-28(4)58(36)52(53)54)27(3)23-49(10,64)46(71-48-42(60)37(57(13)14)20-29(5)67-48)31(7)43(32(8)47(63)69-38)70-40-24-50(11,66-15)45(62)33(9)68-40/h19,21-22,25,27,29-33,37-38,40-46,48,60-62,64-65H,16-18,20,23-24H2,1-15H3,(H,56,59)/b35-22-/t27-,29-,30+,31+,32-,33+,37+,38-,40+,41+,42-,43+,44-,45+,46-,48+,49-,50-,51-/m1/s1. The lowest BCUT2D eigenvalue weighted by Gasteiger charge is -2.49. The summed E-state index contributed by atoms with van der Waals surface area (Å²) in [6.45, 7) is 20.1. The summed E-state index contributed by atoms with van der Waals surface area (Å²) in [5.74, 6) is -4.77. The zero-order valence-corrected chi connectivity index (χ0v) is 44.5. The van der Waals surface area contributed by atoms with Gasteiger partial charge >= 0.3 is 13.4 Å². The van der Waals surface area contributed by atoms with Crippen LogP contribution in [0.4, 0.5) is 8.63 Å². The molecule has 19 atom stereocenters. The van der Waals surface area contributed by atoms with Crippen LogP contribution >= 0.6 is 0 Å². The van der Waals surface area contributed by atoms with Crippen molar-refractivity contribution >= 4 is 31.6 Å². The molecule has 0 unspecified atom stereocenters. The lowest BCUT2D eigenvalue weighted by atomic mass is 9.72. The number of nitrogens with zero attached hydrogens (tertiary/aromatic N) is 3. The molecule has 4 aliphatic heterocycles. The first-order valence-corrected chi connectivity index (χ1v) is 25.2. The van der Waals surface area contributed by atoms with Gasteiger partial charge in [-0.15, -0.1) is 0 Å². The molecule has 20 heteroatoms. The third kappa shape index (κ3) is 13.2. The molecule has 402 valence electrons. The van der Waals surface area contributed by atoms with Crippen molar-refractivity contribution in [2.24, 2.45) is 28.7 Å². The number of likely N-dealkylation sites (N-methyl/N-ethyl adjacent to an activating group) is 1. The van der Waals surface area contributed by atoms with Crippen molar-refractivity contribution in [1.82, 2.24) is 14.7 Å². The van der Waals surface area contributed by atoms with Gasteiger partial charge in [-0.3, -0.25) is 23.2 Å². The number of ether oxygens (including phenoxy) is 6. The van der Waals surface area contributed by atoms with Gasteiger partial charge < -0.3 is 68.6 Å². The fourth-order valence-corrected chi connectivity index (χ4v) is 11.5. The average Bonchev–Trinajstić information content (AvgIpc) is 3.87. The van der Waals surface area contributed by atoms with E-state index in [1.807, 2.05) is 32.8 Å². The van der Waals surface area contributed by atoms with E-state index < -0.39 is 121 Å². The Morgan fingerprint density at radius 1 is 1.01 bits per heavy atom. The van der Waals surface area contributed by atoms with Crippen LogP contribution in [-0.2, 0) is 38.0 Å². The molecule has 3 saturated heterocycles. The number of amides is 1. The Hall–Kier alpha value is -3.15. The molecule has 3 fully saturated rings. The van der Waals surface area contributed by atoms with Crippen molar-refractivity contribution < 1.29 is 72.2 Å². The van der Waals surface area contributed by atoms with E-state index in [-0.39, 0.29) is 44.2 Å². The molecule has 1 amide bonds. The summed E-state index contributed by atoms with van der Waals surface area (Å²) < 4.78 is 66.7. The summed E-state index contributed by atoms with van der Waals surface area (Å²) in [5, 5.41) is 63.3. The summed E-state index contributed by atoms with van der Waals surface area (Å²) in [5.41, 5.74) is -2.43. The number of cyclic esters (lactones) is 1. The molecule has 0 aromatic carbocycles. The zero-order valence-electron chi connectivity index (χ0n) is 44.5. The van der Waals surface area contributed by atoms with E-state index in [4.69, 9.17) is 28.4 Å². The second-order valence-electron chi connectivity index (χ2n) is 21.9. The number of aliphatic hydroxyl groups excluding tert-OH is 3. The zero-order chi connectivity index (χ0) is 53.2. The predicted molar refractivity (Wildman–Crippen MR) is 264 cm³/mol. The average molecular weight is 1010 g/mol. The minimum atomic E-state index is -2.73. The van der Waals surface area contributed by atoms with Crippen molar-refractivity contribution in [3.8, 4) is 0 Å². The van der Waals surface area contributed by atoms with Crippen molar-refractivity contribution in [2.75, 3.05) is 21.2 Å². The third-order valence-corrected chi connectivity index (χ3v) is 15.7. The van der Waals surface area contributed by atoms with E-state index in [0.717, 1.165) is 4.48 Å². The Balaban J connectivity index is 1.53. The van der Waals surface area contributed by atoms with E-state index in [1.54, 1.807) is 86.7 Å². The Labute approximate surface area is 419 Å². The largest absolute Gasteiger partial charge is 0.677 e. The van der Waals surface area contributed by atoms with Gasteiger partial charge in [0.15, 0.2) is 12.6 Å². The lowest BCUT2D eigenvalue weighted by Crippen LogP contribution is -2.62. The molecule has 0 spiro atoms. The fraction of sp³-hybridized carbons (Fsp3) is 0.784. The summed E-state index contributed by atoms with van der Waals surface area (Å²) in [6, 6.07) is 0.394. The molecule has 0 aliphatic carbocycles. The van der Waals surface area contributed by atoms with Crippen molar-refractivity contribution in [3.05, 3.63) is 40.4 Å². The van der Waals surface area contributed by atoms with Crippen LogP contribution < -0.4 is 5.32 Å². The fourth-order valence-electron chi connectivity index (χ4n) is 11.5. The number of halogens is 2. The molecule has 0 bridgehead atoms. The highest BCUT2D eigenvalue weighted by atomic mass is 19.2. The van der Waals surface area contributed by atoms with Crippen LogP contribution in [0.2, 0.25) is 0 Å². The lowest BCUT2D eigenvalue weighted by molar-refractivity contribution is -0.318. The number of aliphatic imine (C=N–C) groups is 1. The maximum absolute atomic E-state index is 14.5. The topological polar surface area (TPSA) is 223 Å². The maximum Gasteiger partial charge on any atom is 0.677 e. The quantitative estimate of drug-likeness (QED) is 0.116. The third-order valence-electron chi connectivity index (χ3n) is 15.7. The van der Waals surface area contributed by atoms with E-state index in [2.05, 4.69) is 10.3 Å². The van der Waals surface area contributed by atoms with Crippen LogP contribution in [0.15, 0.2) is 28.4 Å². The minimum Gasteiger partial charge on any atom is -0.459 e. The number of aliphatic hydroxyl groups is 5. The van der Waals surface area contributed by atoms with Gasteiger partial charge in [-0.2, -0.15) is 0 Å². The Bertz CT molecular complexity index is 2090. The highest BCUT2D eigenvalue weighted by molar-refractivity contribution is 6.41. The molecule has 5 heterocycles. The maximum atomic E-state index is 14.5. The molecule has 71 heavy (non-hydrogen) atoms. The second kappa shape index (κ2) is 23.6. The number of carbonyl (C=O) groups excluding carboxylic acids is 2. The molecule has 1 aromatic rings. The van der Waals surface area contributed by atoms with Crippen LogP contribution in [0.1, 0.15) is 125 Å². The predicted octanol–water partition coefficient (Wildman–Crippen LogP) is 4.72. The Morgan fingerprint density at radius 3 is 2.28 bits per heavy atom. The van der Waals surface area contributed by atoms with Gasteiger partial charge in [-0.05, 0) is 130 Å². The number of carbonyl (C=O) groups is 2. The highest BCUT2D eigenvalue weighted by Crippen LogP contribution is 2.42. The number of hydrogen-bond acceptors (Lipinski definition) is 15. The van der Waals surface area contributed by atoms with E-state index in [1.165, 1.54) is 14.0 Å². The summed E-state index contributed by atoms with van der Waals surface area (Å²) in [7, 11) is 2.43. The normalized spacial score (nSPS) is 41.4. The van der Waals surface area contributed by atoms with Gasteiger partial charge in [0.2, 0.25) is 5.91 Å². The van der Waals surface area contributed by atoms with Crippen molar-refractivity contribution in [1.29, 1.82) is 0 Å². The Morgan fingerprint density at radius 2 is 1.68 bits per heavy atom. The SMILES string of the molecule is CC[C@H]1OC(=O)[C@H](C)[C@@H](O[C@H]2C[C@@](C)(OC)[C@@H](O)[C@H](C)O2)[C@H](C)[C@@H](O[C@@H]2O[C@H](C)C[C@H](N(C)C)[C@H]2O)[C@](C)(O)C[C@@H](C)[C@H](NC(=O)CCC2=C/C(=C/c3c(C)cc(C)n3B(F)F)N=C2)[C@H](C)[C@@H](O)[C@]1(C)O. The number of hydrogen-bond donors (Lipinski definition) is 6. The van der Waals surface area contributed by atoms with Crippen molar-refractivity contribution in [2.45, 2.75) is 212 Å². The highest BCUT2D eigenvalue weighted by Gasteiger charge is 2.54. The summed E-state index contributed by atoms with van der Waals surface area (Å²) >= 11 is 0. The molecule has 5 rings (SSSR count). The number of aryl methyl sites for hydroxylation is 2. The van der Waals surface area contributed by atoms with Gasteiger partial charge in [0.05, 0.1) is 53.3 Å². The number of allylic oxidation sites excluding steroid dienone is 2. The van der Waals surface area contributed by atoms with Crippen molar-refractivity contribution in [3.63, 3.8) is 0 Å². The van der Waals surface area contributed by atoms with Gasteiger partial charge in [0.25, 0.3) is 0 Å². The number of methoxy groups -OCH3 is 1. The molecule has 6 N–H and O–H groups in total. The minimum absolute atomic E-state index is 0.0342. The molecule has 4 aliphatic rings. The number of rotatable bonds is 13. The van der Waals surface area contributed by atoms with Crippen LogP contribution in [0.25, 0.3) is 6.08 Å². The van der Waals surface area contributed by atoms with Gasteiger partial charge in [0, 0.05) is 61.5 Å². The Kier molecular flexibility index (Phi) is 19.5. The van der Waals surface area contributed by atoms with E-state index >= 15 is 0 Å². The number of aromatic nitrogens is 1. The van der Waals surface area contributed by atoms with Gasteiger partial charge in [-0.25, -0.2) is 0 Å². The first-order chi connectivity index (χ1) is 33.0. The molecular weight excluding hydrogens is 925 g/mol. The van der Waals surface area contributed by atoms with Crippen LogP contribution in [0.5, 0.6) is 0 Å². The molecular formula is C51H83BF2N4O13. The van der Waals surface area contributed by atoms with Gasteiger partial charge in [-0.1, -0.05) is 27.7 Å². The van der Waals surface area contributed by atoms with E-state index in [9.17, 15) is 43.8 Å². The summed E-state index contributed by atoms with van der Waals surface area (Å²) in [6.07, 6.45) is -5.13. The molecule has 1 aromatic heterocycles. The first kappa shape index (κ1) is 58.7. The van der Waals surface area contributed by atoms with Crippen LogP contribution in [0.3, 0.4) is 0 Å². The summed E-state index contributed by atoms with van der Waals surface area (Å²) in [4.78, 5) is 34.9. The smallest absolute Gasteiger partial charge is 0.459 e.